The second kappa shape index (κ2) is 7.11. The Balaban J connectivity index is 1.69. The van der Waals surface area contributed by atoms with Crippen LogP contribution in [0.1, 0.15) is 16.1 Å². The maximum absolute atomic E-state index is 13.2. The van der Waals surface area contributed by atoms with Crippen molar-refractivity contribution in [3.8, 4) is 28.2 Å². The van der Waals surface area contributed by atoms with E-state index in [1.165, 1.54) is 19.2 Å². The number of carbonyl (C=O) groups excluding carboxylic acids is 1. The van der Waals surface area contributed by atoms with Crippen molar-refractivity contribution in [1.29, 1.82) is 0 Å². The molecule has 0 aliphatic rings. The van der Waals surface area contributed by atoms with Gasteiger partial charge in [0.25, 0.3) is 0 Å². The summed E-state index contributed by atoms with van der Waals surface area (Å²) in [6, 6.07) is 13.1. The molecule has 28 heavy (non-hydrogen) atoms. The minimum Gasteiger partial charge on any atom is -0.465 e. The fourth-order valence-corrected chi connectivity index (χ4v) is 2.96. The van der Waals surface area contributed by atoms with Gasteiger partial charge in [-0.2, -0.15) is 0 Å². The van der Waals surface area contributed by atoms with E-state index in [-0.39, 0.29) is 11.8 Å². The lowest BCUT2D eigenvalue weighted by Crippen LogP contribution is -2.01. The van der Waals surface area contributed by atoms with E-state index in [9.17, 15) is 9.18 Å². The highest BCUT2D eigenvalue weighted by Gasteiger charge is 2.19. The zero-order valence-electron chi connectivity index (χ0n) is 15.2. The lowest BCUT2D eigenvalue weighted by atomic mass is 10.0. The van der Waals surface area contributed by atoms with Gasteiger partial charge in [-0.3, -0.25) is 0 Å². The number of methoxy groups -OCH3 is 1. The number of esters is 1. The van der Waals surface area contributed by atoms with E-state index in [0.717, 1.165) is 16.8 Å². The molecule has 0 unspecified atom stereocenters. The summed E-state index contributed by atoms with van der Waals surface area (Å²) in [5.74, 6) is -0.0854. The highest BCUT2D eigenvalue weighted by Crippen LogP contribution is 2.33. The van der Waals surface area contributed by atoms with E-state index in [0.29, 0.717) is 22.7 Å². The maximum Gasteiger partial charge on any atom is 0.337 e. The van der Waals surface area contributed by atoms with Gasteiger partial charge in [-0.1, -0.05) is 5.16 Å². The summed E-state index contributed by atoms with van der Waals surface area (Å²) >= 11 is 0. The number of carbonyl (C=O) groups is 1. The van der Waals surface area contributed by atoms with E-state index in [1.807, 2.05) is 10.8 Å². The number of aromatic nitrogens is 3. The number of rotatable bonds is 4. The predicted octanol–water partition coefficient (Wildman–Crippen LogP) is 4.43. The van der Waals surface area contributed by atoms with Crippen LogP contribution >= 0.6 is 0 Å². The molecule has 0 spiro atoms. The number of benzene rings is 2. The molecule has 4 rings (SSSR count). The molecule has 0 N–H and O–H groups in total. The van der Waals surface area contributed by atoms with Crippen molar-refractivity contribution in [3.05, 3.63) is 78.2 Å². The Bertz CT molecular complexity index is 1130. The lowest BCUT2D eigenvalue weighted by molar-refractivity contribution is 0.0600. The van der Waals surface area contributed by atoms with Crippen LogP contribution < -0.4 is 0 Å². The third-order valence-corrected chi connectivity index (χ3v) is 4.41. The topological polar surface area (TPSA) is 70.2 Å². The van der Waals surface area contributed by atoms with Crippen LogP contribution in [0.4, 0.5) is 4.39 Å². The predicted molar refractivity (Wildman–Crippen MR) is 101 cm³/mol. The second-order valence-corrected chi connectivity index (χ2v) is 6.17. The van der Waals surface area contributed by atoms with Gasteiger partial charge in [0.05, 0.1) is 30.3 Å². The summed E-state index contributed by atoms with van der Waals surface area (Å²) in [6.45, 7) is 1.81. The van der Waals surface area contributed by atoms with Gasteiger partial charge in [0.2, 0.25) is 0 Å². The van der Waals surface area contributed by atoms with Gasteiger partial charge in [-0.15, -0.1) is 0 Å². The van der Waals surface area contributed by atoms with Gasteiger partial charge in [-0.05, 0) is 55.5 Å². The number of aryl methyl sites for hydroxylation is 1. The fraction of sp³-hybridized carbons (Fsp3) is 0.0952. The van der Waals surface area contributed by atoms with Crippen molar-refractivity contribution in [1.82, 2.24) is 14.7 Å². The molecule has 0 amide bonds. The molecule has 4 aromatic rings. The van der Waals surface area contributed by atoms with Crippen molar-refractivity contribution in [3.63, 3.8) is 0 Å². The molecule has 0 radical (unpaired) electrons. The van der Waals surface area contributed by atoms with Gasteiger partial charge in [-0.25, -0.2) is 14.2 Å². The van der Waals surface area contributed by atoms with Crippen LogP contribution in [0.3, 0.4) is 0 Å². The molecule has 0 saturated heterocycles. The van der Waals surface area contributed by atoms with Crippen molar-refractivity contribution in [2.45, 2.75) is 6.92 Å². The number of ether oxygens (including phenoxy) is 1. The normalized spacial score (nSPS) is 10.8. The second-order valence-electron chi connectivity index (χ2n) is 6.17. The maximum atomic E-state index is 13.2. The Hall–Kier alpha value is -3.74. The van der Waals surface area contributed by atoms with E-state index in [1.54, 1.807) is 49.6 Å². The number of imidazole rings is 1. The molecule has 0 atom stereocenters. The Kier molecular flexibility index (Phi) is 4.49. The van der Waals surface area contributed by atoms with E-state index in [2.05, 4.69) is 10.1 Å². The first-order chi connectivity index (χ1) is 13.6. The monoisotopic (exact) mass is 377 g/mol. The van der Waals surface area contributed by atoms with Crippen LogP contribution in [0.2, 0.25) is 0 Å². The Morgan fingerprint density at radius 2 is 1.82 bits per heavy atom. The molecule has 0 aliphatic carbocycles. The minimum atomic E-state index is -0.387. The van der Waals surface area contributed by atoms with Crippen LogP contribution in [0.5, 0.6) is 0 Å². The lowest BCUT2D eigenvalue weighted by Gasteiger charge is -2.03. The molecule has 0 fully saturated rings. The van der Waals surface area contributed by atoms with Crippen LogP contribution in [-0.4, -0.2) is 27.8 Å². The van der Waals surface area contributed by atoms with Gasteiger partial charge < -0.3 is 13.8 Å². The molecular formula is C21H16FN3O3. The van der Waals surface area contributed by atoms with E-state index < -0.39 is 0 Å². The zero-order valence-corrected chi connectivity index (χ0v) is 15.2. The number of hydrogen-bond acceptors (Lipinski definition) is 5. The quantitative estimate of drug-likeness (QED) is 0.492. The summed E-state index contributed by atoms with van der Waals surface area (Å²) in [7, 11) is 1.35. The third kappa shape index (κ3) is 3.18. The number of hydrogen-bond donors (Lipinski definition) is 0. The van der Waals surface area contributed by atoms with Crippen molar-refractivity contribution < 1.29 is 18.4 Å². The van der Waals surface area contributed by atoms with Crippen LogP contribution in [0.25, 0.3) is 28.2 Å². The standard InChI is InChI=1S/C21H16FN3O3/c1-13-19(20(24-28-13)14-3-7-16(22)8-4-14)18-11-25(12-23-18)17-9-5-15(6-10-17)21(26)27-2/h3-12H,1-2H3. The summed E-state index contributed by atoms with van der Waals surface area (Å²) < 4.78 is 25.1. The summed E-state index contributed by atoms with van der Waals surface area (Å²) in [5, 5.41) is 4.12. The SMILES string of the molecule is COC(=O)c1ccc(-n2cnc(-c3c(-c4ccc(F)cc4)noc3C)c2)cc1. The zero-order chi connectivity index (χ0) is 19.7. The first-order valence-corrected chi connectivity index (χ1v) is 8.52. The molecule has 7 heteroatoms. The highest BCUT2D eigenvalue weighted by atomic mass is 19.1. The molecule has 0 saturated carbocycles. The van der Waals surface area contributed by atoms with Gasteiger partial charge >= 0.3 is 5.97 Å². The molecule has 0 aliphatic heterocycles. The third-order valence-electron chi connectivity index (χ3n) is 4.41. The smallest absolute Gasteiger partial charge is 0.337 e. The Labute approximate surface area is 160 Å². The van der Waals surface area contributed by atoms with Crippen molar-refractivity contribution >= 4 is 5.97 Å². The molecule has 6 nitrogen and oxygen atoms in total. The molecular weight excluding hydrogens is 361 g/mol. The molecule has 2 heterocycles. The van der Waals surface area contributed by atoms with E-state index in [4.69, 9.17) is 9.26 Å². The van der Waals surface area contributed by atoms with Crippen molar-refractivity contribution in [2.75, 3.05) is 7.11 Å². The van der Waals surface area contributed by atoms with E-state index >= 15 is 0 Å². The molecule has 0 bridgehead atoms. The van der Waals surface area contributed by atoms with Crippen LogP contribution in [-0.2, 0) is 4.74 Å². The van der Waals surface area contributed by atoms with Crippen LogP contribution in [0.15, 0.2) is 65.6 Å². The summed E-state index contributed by atoms with van der Waals surface area (Å²) in [6.07, 6.45) is 3.52. The van der Waals surface area contributed by atoms with Gasteiger partial charge in [0, 0.05) is 17.4 Å². The molecule has 2 aromatic carbocycles. The average Bonchev–Trinajstić information content (AvgIpc) is 3.35. The number of nitrogens with zero attached hydrogens (tertiary/aromatic N) is 3. The summed E-state index contributed by atoms with van der Waals surface area (Å²) in [4.78, 5) is 16.0. The Morgan fingerprint density at radius 3 is 2.50 bits per heavy atom. The molecule has 140 valence electrons. The minimum absolute atomic E-state index is 0.315. The number of halogens is 1. The first-order valence-electron chi connectivity index (χ1n) is 8.52. The first kappa shape index (κ1) is 17.7. The van der Waals surface area contributed by atoms with Crippen LogP contribution in [0, 0.1) is 12.7 Å². The average molecular weight is 377 g/mol. The highest BCUT2D eigenvalue weighted by molar-refractivity contribution is 5.89. The fourth-order valence-electron chi connectivity index (χ4n) is 2.96. The Morgan fingerprint density at radius 1 is 1.11 bits per heavy atom. The largest absolute Gasteiger partial charge is 0.465 e. The van der Waals surface area contributed by atoms with Gasteiger partial charge in [0.15, 0.2) is 0 Å². The molecule has 2 aromatic heterocycles. The van der Waals surface area contributed by atoms with Gasteiger partial charge in [0.1, 0.15) is 17.3 Å². The summed E-state index contributed by atoms with van der Waals surface area (Å²) in [5.41, 5.74) is 4.07. The van der Waals surface area contributed by atoms with Crippen molar-refractivity contribution in [2.24, 2.45) is 0 Å².